The second-order valence-electron chi connectivity index (χ2n) is 11.7. The van der Waals surface area contributed by atoms with E-state index in [4.69, 9.17) is 5.73 Å². The van der Waals surface area contributed by atoms with Gasteiger partial charge in [-0.25, -0.2) is 9.18 Å². The summed E-state index contributed by atoms with van der Waals surface area (Å²) in [4.78, 5) is 32.0. The van der Waals surface area contributed by atoms with Crippen LogP contribution in [-0.2, 0) is 25.8 Å². The molecule has 1 saturated heterocycles. The highest BCUT2D eigenvalue weighted by atomic mass is 19.4. The number of benzene rings is 3. The molecule has 2 aromatic heterocycles. The van der Waals surface area contributed by atoms with Crippen molar-refractivity contribution in [1.82, 2.24) is 34.7 Å². The number of H-pyrrole nitrogens is 1. The van der Waals surface area contributed by atoms with Gasteiger partial charge in [-0.2, -0.15) is 18.4 Å². The van der Waals surface area contributed by atoms with Gasteiger partial charge in [-0.05, 0) is 41.5 Å². The summed E-state index contributed by atoms with van der Waals surface area (Å²) in [6, 6.07) is 18.5. The first-order valence-electron chi connectivity index (χ1n) is 15.3. The van der Waals surface area contributed by atoms with Gasteiger partial charge in [0.2, 0.25) is 5.82 Å². The first-order chi connectivity index (χ1) is 23.0. The van der Waals surface area contributed by atoms with Crippen LogP contribution in [0, 0.1) is 12.7 Å². The third kappa shape index (κ3) is 6.78. The number of nitrogens with zero attached hydrogens (tertiary/aromatic N) is 7. The Balaban J connectivity index is 1.33. The van der Waals surface area contributed by atoms with Gasteiger partial charge in [0.25, 0.3) is 5.56 Å². The summed E-state index contributed by atoms with van der Waals surface area (Å²) >= 11 is 0. The minimum atomic E-state index is -4.86. The average Bonchev–Trinajstić information content (AvgIpc) is 3.62. The lowest BCUT2D eigenvalue weighted by Gasteiger charge is -2.37. The molecule has 3 aromatic carbocycles. The van der Waals surface area contributed by atoms with Crippen LogP contribution < -0.4 is 21.9 Å². The molecule has 250 valence electrons. The van der Waals surface area contributed by atoms with Gasteiger partial charge in [0.1, 0.15) is 11.5 Å². The molecular weight excluding hydrogens is 630 g/mol. The largest absolute Gasteiger partial charge is 0.416 e. The normalized spacial score (nSPS) is 14.8. The van der Waals surface area contributed by atoms with E-state index >= 15 is 0 Å². The molecule has 1 unspecified atom stereocenters. The number of nitrogens with two attached hydrogens (primary N) is 1. The maximum Gasteiger partial charge on any atom is 0.416 e. The number of rotatable bonds is 9. The lowest BCUT2D eigenvalue weighted by atomic mass is 10.1. The van der Waals surface area contributed by atoms with E-state index in [0.717, 1.165) is 38.5 Å². The quantitative estimate of drug-likeness (QED) is 0.228. The van der Waals surface area contributed by atoms with Crippen LogP contribution in [0.1, 0.15) is 34.0 Å². The van der Waals surface area contributed by atoms with Gasteiger partial charge in [0, 0.05) is 55.6 Å². The van der Waals surface area contributed by atoms with Gasteiger partial charge in [-0.3, -0.25) is 18.8 Å². The standard InChI is InChI=1S/C33H33F4N9O2/c1-21-29(44-15-13-43(14-16-44)18-22-7-5-10-24(17-22)30-39-41-42-40-30)31(47)46(20-28(38)23-8-3-2-4-9-23)32(48)45(21)19-25-26(33(35,36)37)11-6-12-27(25)34/h2-12,17,28H,13-16,18-20,38H2,1H3,(H,39,40,41,42). The minimum absolute atomic E-state index is 0.146. The van der Waals surface area contributed by atoms with Gasteiger partial charge < -0.3 is 10.6 Å². The van der Waals surface area contributed by atoms with Crippen LogP contribution in [0.4, 0.5) is 23.2 Å². The number of hydrogen-bond acceptors (Lipinski definition) is 8. The summed E-state index contributed by atoms with van der Waals surface area (Å²) in [7, 11) is 0. The number of halogens is 4. The molecule has 0 spiro atoms. The molecule has 0 radical (unpaired) electrons. The molecule has 6 rings (SSSR count). The molecule has 1 fully saturated rings. The third-order valence-corrected chi connectivity index (χ3v) is 8.63. The molecule has 1 atom stereocenters. The van der Waals surface area contributed by atoms with E-state index in [0.29, 0.717) is 44.1 Å². The summed E-state index contributed by atoms with van der Waals surface area (Å²) in [6.45, 7) is 3.07. The van der Waals surface area contributed by atoms with E-state index < -0.39 is 47.0 Å². The van der Waals surface area contributed by atoms with E-state index in [-0.39, 0.29) is 17.9 Å². The molecule has 0 bridgehead atoms. The molecule has 0 aliphatic carbocycles. The predicted molar refractivity (Wildman–Crippen MR) is 171 cm³/mol. The van der Waals surface area contributed by atoms with E-state index in [9.17, 15) is 27.2 Å². The van der Waals surface area contributed by atoms with Gasteiger partial charge in [-0.1, -0.05) is 54.6 Å². The Kier molecular flexibility index (Phi) is 9.24. The minimum Gasteiger partial charge on any atom is -0.363 e. The first kappa shape index (κ1) is 32.8. The van der Waals surface area contributed by atoms with Crippen molar-refractivity contribution in [3.8, 4) is 11.4 Å². The fourth-order valence-electron chi connectivity index (χ4n) is 6.12. The van der Waals surface area contributed by atoms with Crippen molar-refractivity contribution in [1.29, 1.82) is 0 Å². The molecule has 5 aromatic rings. The van der Waals surface area contributed by atoms with Crippen LogP contribution in [0.25, 0.3) is 11.4 Å². The highest BCUT2D eigenvalue weighted by molar-refractivity contribution is 5.55. The summed E-state index contributed by atoms with van der Waals surface area (Å²) in [5.74, 6) is -0.623. The van der Waals surface area contributed by atoms with Gasteiger partial charge in [0.05, 0.1) is 18.7 Å². The summed E-state index contributed by atoms with van der Waals surface area (Å²) in [6.07, 6.45) is -4.86. The Labute approximate surface area is 272 Å². The van der Waals surface area contributed by atoms with Crippen molar-refractivity contribution in [2.24, 2.45) is 5.73 Å². The van der Waals surface area contributed by atoms with Crippen LogP contribution in [0.15, 0.2) is 82.4 Å². The zero-order valence-corrected chi connectivity index (χ0v) is 26.0. The molecule has 0 saturated carbocycles. The van der Waals surface area contributed by atoms with Gasteiger partial charge in [0.15, 0.2) is 0 Å². The summed E-state index contributed by atoms with van der Waals surface area (Å²) in [5, 5.41) is 14.1. The number of nitrogens with one attached hydrogen (secondary N) is 1. The number of tetrazole rings is 1. The van der Waals surface area contributed by atoms with E-state index in [2.05, 4.69) is 25.5 Å². The molecule has 3 N–H and O–H groups in total. The van der Waals surface area contributed by atoms with Crippen LogP contribution >= 0.6 is 0 Å². The number of hydrogen-bond donors (Lipinski definition) is 2. The van der Waals surface area contributed by atoms with Gasteiger partial charge in [-0.15, -0.1) is 10.2 Å². The molecule has 0 amide bonds. The van der Waals surface area contributed by atoms with Crippen molar-refractivity contribution in [2.45, 2.75) is 38.8 Å². The number of aromatic nitrogens is 6. The van der Waals surface area contributed by atoms with Crippen molar-refractivity contribution in [3.05, 3.63) is 127 Å². The Bertz CT molecular complexity index is 2000. The maximum absolute atomic E-state index is 15.0. The van der Waals surface area contributed by atoms with Crippen LogP contribution in [0.2, 0.25) is 0 Å². The molecule has 1 aliphatic rings. The topological polar surface area (TPSA) is 131 Å². The molecule has 11 nitrogen and oxygen atoms in total. The monoisotopic (exact) mass is 663 g/mol. The number of alkyl halides is 3. The first-order valence-corrected chi connectivity index (χ1v) is 15.3. The third-order valence-electron chi connectivity index (χ3n) is 8.63. The van der Waals surface area contributed by atoms with Crippen molar-refractivity contribution in [3.63, 3.8) is 0 Å². The van der Waals surface area contributed by atoms with Crippen LogP contribution in [-0.4, -0.2) is 60.8 Å². The molecule has 1 aliphatic heterocycles. The lowest BCUT2D eigenvalue weighted by molar-refractivity contribution is -0.138. The molecule has 48 heavy (non-hydrogen) atoms. The van der Waals surface area contributed by atoms with Crippen LogP contribution in [0.5, 0.6) is 0 Å². The number of aromatic amines is 1. The summed E-state index contributed by atoms with van der Waals surface area (Å²) < 4.78 is 58.8. The summed E-state index contributed by atoms with van der Waals surface area (Å²) in [5.41, 5.74) is 5.89. The van der Waals surface area contributed by atoms with E-state index in [1.807, 2.05) is 29.2 Å². The van der Waals surface area contributed by atoms with Crippen LogP contribution in [0.3, 0.4) is 0 Å². The second-order valence-corrected chi connectivity index (χ2v) is 11.7. The van der Waals surface area contributed by atoms with E-state index in [1.165, 1.54) is 6.92 Å². The average molecular weight is 664 g/mol. The molecule has 3 heterocycles. The Hall–Kier alpha value is -5.15. The fraction of sp³-hybridized carbons (Fsp3) is 0.303. The number of piperazine rings is 1. The van der Waals surface area contributed by atoms with Gasteiger partial charge >= 0.3 is 11.9 Å². The Morgan fingerprint density at radius 3 is 2.33 bits per heavy atom. The van der Waals surface area contributed by atoms with Crippen molar-refractivity contribution < 1.29 is 17.6 Å². The molecule has 15 heteroatoms. The Morgan fingerprint density at radius 2 is 1.65 bits per heavy atom. The Morgan fingerprint density at radius 1 is 0.917 bits per heavy atom. The maximum atomic E-state index is 15.0. The van der Waals surface area contributed by atoms with Crippen molar-refractivity contribution >= 4 is 5.69 Å². The molecular formula is C33H33F4N9O2. The highest BCUT2D eigenvalue weighted by Gasteiger charge is 2.35. The zero-order chi connectivity index (χ0) is 34.0. The van der Waals surface area contributed by atoms with Crippen molar-refractivity contribution in [2.75, 3.05) is 31.1 Å². The van der Waals surface area contributed by atoms with E-state index in [1.54, 1.807) is 30.3 Å². The predicted octanol–water partition coefficient (Wildman–Crippen LogP) is 3.73. The highest BCUT2D eigenvalue weighted by Crippen LogP contribution is 2.33. The fourth-order valence-corrected chi connectivity index (χ4v) is 6.12. The zero-order valence-electron chi connectivity index (χ0n) is 26.0. The SMILES string of the molecule is Cc1c(N2CCN(Cc3cccc(-c4nn[nH]n4)c3)CC2)c(=O)n(CC(N)c2ccccc2)c(=O)n1Cc1c(F)cccc1C(F)(F)F. The lowest BCUT2D eigenvalue weighted by Crippen LogP contribution is -2.51. The number of anilines is 1. The second kappa shape index (κ2) is 13.5. The smallest absolute Gasteiger partial charge is 0.363 e.